The Labute approximate surface area is 162 Å². The van der Waals surface area contributed by atoms with E-state index in [0.717, 1.165) is 48.7 Å². The quantitative estimate of drug-likeness (QED) is 0.546. The van der Waals surface area contributed by atoms with Crippen LogP contribution >= 0.6 is 0 Å². The molecule has 0 aliphatic carbocycles. The van der Waals surface area contributed by atoms with Crippen LogP contribution in [0, 0.1) is 0 Å². The molecule has 6 heteroatoms. The average molecular weight is 369 g/mol. The summed E-state index contributed by atoms with van der Waals surface area (Å²) in [5, 5.41) is 0. The van der Waals surface area contributed by atoms with Crippen LogP contribution in [-0.2, 0) is 19.5 Å². The summed E-state index contributed by atoms with van der Waals surface area (Å²) in [5.41, 5.74) is 4.42. The van der Waals surface area contributed by atoms with Crippen LogP contribution < -0.4 is 0 Å². The number of furan rings is 1. The smallest absolute Gasteiger partial charge is 0.195 e. The van der Waals surface area contributed by atoms with Crippen LogP contribution in [0.15, 0.2) is 71.7 Å². The van der Waals surface area contributed by atoms with Crippen molar-refractivity contribution in [1.29, 1.82) is 0 Å². The molecule has 3 aromatic heterocycles. The minimum absolute atomic E-state index is 0.655. The normalized spacial score (nSPS) is 14.0. The van der Waals surface area contributed by atoms with Crippen LogP contribution in [0.1, 0.15) is 16.8 Å². The van der Waals surface area contributed by atoms with E-state index in [9.17, 15) is 0 Å². The lowest BCUT2D eigenvalue weighted by atomic mass is 10.1. The fraction of sp³-hybridized carbons (Fsp3) is 0.182. The van der Waals surface area contributed by atoms with Gasteiger partial charge >= 0.3 is 0 Å². The molecule has 0 amide bonds. The first-order chi connectivity index (χ1) is 13.8. The van der Waals surface area contributed by atoms with Gasteiger partial charge in [0.1, 0.15) is 0 Å². The molecule has 0 saturated carbocycles. The molecule has 6 nitrogen and oxygen atoms in total. The average Bonchev–Trinajstić information content (AvgIpc) is 3.30. The zero-order valence-corrected chi connectivity index (χ0v) is 15.3. The van der Waals surface area contributed by atoms with Gasteiger partial charge in [0.25, 0.3) is 0 Å². The molecule has 1 aliphatic rings. The summed E-state index contributed by atoms with van der Waals surface area (Å²) in [5.74, 6) is 2.12. The fourth-order valence-electron chi connectivity index (χ4n) is 3.46. The number of hydrogen-bond donors (Lipinski definition) is 0. The molecule has 4 heterocycles. The third kappa shape index (κ3) is 3.42. The first kappa shape index (κ1) is 16.8. The molecule has 0 fully saturated rings. The van der Waals surface area contributed by atoms with Crippen molar-refractivity contribution >= 4 is 0 Å². The second kappa shape index (κ2) is 7.32. The molecule has 0 radical (unpaired) electrons. The summed E-state index contributed by atoms with van der Waals surface area (Å²) in [7, 11) is 0. The van der Waals surface area contributed by atoms with Crippen LogP contribution in [0.4, 0.5) is 0 Å². The van der Waals surface area contributed by atoms with Gasteiger partial charge in [0.2, 0.25) is 0 Å². The highest BCUT2D eigenvalue weighted by Crippen LogP contribution is 2.22. The van der Waals surface area contributed by atoms with Gasteiger partial charge in [0.05, 0.1) is 12.0 Å². The standard InChI is InChI=1S/C22H19N5O/c1-2-5-17(6-3-1)21-23-11-16(12-24-21)14-27-9-8-19-18(15-27)13-25-22(26-19)20-7-4-10-28-20/h1-7,10-13H,8-9,14-15H2. The maximum atomic E-state index is 5.40. The van der Waals surface area contributed by atoms with Gasteiger partial charge in [-0.15, -0.1) is 0 Å². The summed E-state index contributed by atoms with van der Waals surface area (Å²) in [6.07, 6.45) is 8.30. The minimum atomic E-state index is 0.655. The SMILES string of the molecule is c1ccc(-c2ncc(CN3CCc4nc(-c5ccco5)ncc4C3)cn2)cc1. The summed E-state index contributed by atoms with van der Waals surface area (Å²) in [6.45, 7) is 2.59. The summed E-state index contributed by atoms with van der Waals surface area (Å²) >= 11 is 0. The molecule has 1 aliphatic heterocycles. The lowest BCUT2D eigenvalue weighted by Gasteiger charge is -2.27. The minimum Gasteiger partial charge on any atom is -0.461 e. The molecule has 28 heavy (non-hydrogen) atoms. The highest BCUT2D eigenvalue weighted by Gasteiger charge is 2.19. The van der Waals surface area contributed by atoms with Crippen LogP contribution in [0.3, 0.4) is 0 Å². The second-order valence-corrected chi connectivity index (χ2v) is 6.88. The maximum Gasteiger partial charge on any atom is 0.195 e. The highest BCUT2D eigenvalue weighted by atomic mass is 16.3. The number of benzene rings is 1. The summed E-state index contributed by atoms with van der Waals surface area (Å²) < 4.78 is 5.40. The lowest BCUT2D eigenvalue weighted by molar-refractivity contribution is 0.242. The number of nitrogens with zero attached hydrogens (tertiary/aromatic N) is 5. The number of aromatic nitrogens is 4. The third-order valence-corrected chi connectivity index (χ3v) is 4.90. The molecule has 0 atom stereocenters. The van der Waals surface area contributed by atoms with Crippen molar-refractivity contribution in [2.24, 2.45) is 0 Å². The van der Waals surface area contributed by atoms with Gasteiger partial charge in [-0.3, -0.25) is 4.90 Å². The largest absolute Gasteiger partial charge is 0.461 e. The van der Waals surface area contributed by atoms with E-state index in [-0.39, 0.29) is 0 Å². The number of fused-ring (bicyclic) bond motifs is 1. The van der Waals surface area contributed by atoms with Crippen molar-refractivity contribution in [1.82, 2.24) is 24.8 Å². The van der Waals surface area contributed by atoms with E-state index < -0.39 is 0 Å². The Hall–Kier alpha value is -3.38. The Morgan fingerprint density at radius 2 is 1.71 bits per heavy atom. The Kier molecular flexibility index (Phi) is 4.39. The predicted molar refractivity (Wildman–Crippen MR) is 105 cm³/mol. The van der Waals surface area contributed by atoms with Gasteiger partial charge < -0.3 is 4.42 Å². The van der Waals surface area contributed by atoms with E-state index in [4.69, 9.17) is 4.42 Å². The van der Waals surface area contributed by atoms with Gasteiger partial charge in [-0.05, 0) is 12.1 Å². The van der Waals surface area contributed by atoms with E-state index in [0.29, 0.717) is 11.6 Å². The third-order valence-electron chi connectivity index (χ3n) is 4.90. The molecule has 138 valence electrons. The zero-order valence-electron chi connectivity index (χ0n) is 15.3. The molecule has 0 N–H and O–H groups in total. The van der Waals surface area contributed by atoms with E-state index in [1.807, 2.05) is 61.1 Å². The van der Waals surface area contributed by atoms with Crippen molar-refractivity contribution < 1.29 is 4.42 Å². The summed E-state index contributed by atoms with van der Waals surface area (Å²) in [6, 6.07) is 13.8. The predicted octanol–water partition coefficient (Wildman–Crippen LogP) is 3.75. The Morgan fingerprint density at radius 1 is 0.893 bits per heavy atom. The van der Waals surface area contributed by atoms with Gasteiger partial charge in [-0.25, -0.2) is 19.9 Å². The highest BCUT2D eigenvalue weighted by molar-refractivity contribution is 5.54. The van der Waals surface area contributed by atoms with E-state index in [1.165, 1.54) is 5.56 Å². The topological polar surface area (TPSA) is 67.9 Å². The van der Waals surface area contributed by atoms with Gasteiger partial charge in [-0.1, -0.05) is 30.3 Å². The lowest BCUT2D eigenvalue weighted by Crippen LogP contribution is -2.31. The van der Waals surface area contributed by atoms with Crippen molar-refractivity contribution in [3.05, 3.63) is 84.1 Å². The molecule has 1 aromatic carbocycles. The zero-order chi connectivity index (χ0) is 18.8. The van der Waals surface area contributed by atoms with Gasteiger partial charge in [0, 0.05) is 61.3 Å². The summed E-state index contributed by atoms with van der Waals surface area (Å²) in [4.78, 5) is 20.6. The van der Waals surface area contributed by atoms with E-state index in [2.05, 4.69) is 24.8 Å². The Bertz CT molecular complexity index is 1060. The maximum absolute atomic E-state index is 5.40. The van der Waals surface area contributed by atoms with E-state index in [1.54, 1.807) is 6.26 Å². The van der Waals surface area contributed by atoms with Crippen LogP contribution in [0.5, 0.6) is 0 Å². The molecule has 0 unspecified atom stereocenters. The second-order valence-electron chi connectivity index (χ2n) is 6.88. The van der Waals surface area contributed by atoms with Gasteiger partial charge in [0.15, 0.2) is 17.4 Å². The monoisotopic (exact) mass is 369 g/mol. The first-order valence-corrected chi connectivity index (χ1v) is 9.32. The Morgan fingerprint density at radius 3 is 2.50 bits per heavy atom. The van der Waals surface area contributed by atoms with E-state index >= 15 is 0 Å². The van der Waals surface area contributed by atoms with Crippen molar-refractivity contribution in [3.8, 4) is 23.0 Å². The molecule has 0 saturated heterocycles. The fourth-order valence-corrected chi connectivity index (χ4v) is 3.46. The van der Waals surface area contributed by atoms with Crippen LogP contribution in [0.2, 0.25) is 0 Å². The molecule has 4 aromatic rings. The van der Waals surface area contributed by atoms with Gasteiger partial charge in [-0.2, -0.15) is 0 Å². The first-order valence-electron chi connectivity index (χ1n) is 9.32. The molecule has 0 bridgehead atoms. The molecule has 0 spiro atoms. The number of hydrogen-bond acceptors (Lipinski definition) is 6. The van der Waals surface area contributed by atoms with Crippen LogP contribution in [0.25, 0.3) is 23.0 Å². The molecular formula is C22H19N5O. The van der Waals surface area contributed by atoms with Crippen LogP contribution in [-0.4, -0.2) is 31.4 Å². The van der Waals surface area contributed by atoms with Crippen molar-refractivity contribution in [3.63, 3.8) is 0 Å². The number of rotatable bonds is 4. The Balaban J connectivity index is 1.28. The van der Waals surface area contributed by atoms with Crippen molar-refractivity contribution in [2.75, 3.05) is 6.54 Å². The molecule has 5 rings (SSSR count). The molecular weight excluding hydrogens is 350 g/mol. The van der Waals surface area contributed by atoms with Crippen molar-refractivity contribution in [2.45, 2.75) is 19.5 Å².